The molecule has 0 radical (unpaired) electrons. The first-order chi connectivity index (χ1) is 13.9. The predicted octanol–water partition coefficient (Wildman–Crippen LogP) is 4.62. The molecule has 6 nitrogen and oxygen atoms in total. The Morgan fingerprint density at radius 3 is 2.24 bits per heavy atom. The zero-order chi connectivity index (χ0) is 21.0. The fourth-order valence-electron chi connectivity index (χ4n) is 2.76. The molecule has 0 aliphatic heterocycles. The summed E-state index contributed by atoms with van der Waals surface area (Å²) in [5.74, 6) is -0.894. The summed E-state index contributed by atoms with van der Waals surface area (Å²) >= 11 is 5.86. The van der Waals surface area contributed by atoms with Gasteiger partial charge in [0.1, 0.15) is 23.7 Å². The Kier molecular flexibility index (Phi) is 6.14. The van der Waals surface area contributed by atoms with Gasteiger partial charge >= 0.3 is 11.9 Å². The topological polar surface area (TPSA) is 82.8 Å². The molecule has 0 aliphatic rings. The highest BCUT2D eigenvalue weighted by molar-refractivity contribution is 6.30. The third-order valence-electron chi connectivity index (χ3n) is 4.22. The number of hydrogen-bond donors (Lipinski definition) is 0. The Labute approximate surface area is 172 Å². The van der Waals surface area contributed by atoms with Crippen LogP contribution in [0.15, 0.2) is 59.0 Å². The molecule has 1 aromatic heterocycles. The summed E-state index contributed by atoms with van der Waals surface area (Å²) < 4.78 is 15.4. The molecule has 148 valence electrons. The minimum atomic E-state index is -0.684. The highest BCUT2D eigenvalue weighted by Gasteiger charge is 2.21. The quantitative estimate of drug-likeness (QED) is 0.434. The molecule has 0 unspecified atom stereocenters. The second-order valence-electron chi connectivity index (χ2n) is 6.13. The van der Waals surface area contributed by atoms with Crippen molar-refractivity contribution in [1.82, 2.24) is 0 Å². The van der Waals surface area contributed by atoms with Crippen LogP contribution in [0.1, 0.15) is 48.2 Å². The summed E-state index contributed by atoms with van der Waals surface area (Å²) in [7, 11) is 1.27. The van der Waals surface area contributed by atoms with Crippen LogP contribution in [0.2, 0.25) is 5.02 Å². The van der Waals surface area contributed by atoms with Gasteiger partial charge in [0.05, 0.1) is 12.7 Å². The molecule has 29 heavy (non-hydrogen) atoms. The van der Waals surface area contributed by atoms with E-state index in [4.69, 9.17) is 20.8 Å². The van der Waals surface area contributed by atoms with E-state index in [0.717, 1.165) is 0 Å². The second kappa shape index (κ2) is 8.75. The maximum Gasteiger partial charge on any atom is 0.341 e. The Morgan fingerprint density at radius 2 is 1.59 bits per heavy atom. The Hall–Kier alpha value is -3.38. The molecular formula is C22H17ClO6. The standard InChI is InChI=1S/C22H17ClO6/c1-13-19(21(25)27-2)11-16(29-13)12-28-22(26)18-6-4-3-5-17(18)20(24)14-7-9-15(23)10-8-14/h3-11H,12H2,1-2H3. The van der Waals surface area contributed by atoms with Gasteiger partial charge in [-0.2, -0.15) is 0 Å². The number of rotatable bonds is 6. The van der Waals surface area contributed by atoms with Gasteiger partial charge in [0, 0.05) is 16.1 Å². The molecule has 0 saturated carbocycles. The van der Waals surface area contributed by atoms with Crippen LogP contribution in [-0.4, -0.2) is 24.8 Å². The van der Waals surface area contributed by atoms with Crippen molar-refractivity contribution in [3.63, 3.8) is 0 Å². The van der Waals surface area contributed by atoms with E-state index in [2.05, 4.69) is 4.74 Å². The van der Waals surface area contributed by atoms with Gasteiger partial charge in [0.25, 0.3) is 0 Å². The summed E-state index contributed by atoms with van der Waals surface area (Å²) in [5, 5.41) is 0.509. The number of carbonyl (C=O) groups excluding carboxylic acids is 3. The highest BCUT2D eigenvalue weighted by atomic mass is 35.5. The van der Waals surface area contributed by atoms with Crippen molar-refractivity contribution >= 4 is 29.3 Å². The van der Waals surface area contributed by atoms with Crippen molar-refractivity contribution in [2.24, 2.45) is 0 Å². The molecular weight excluding hydrogens is 396 g/mol. The van der Waals surface area contributed by atoms with E-state index in [-0.39, 0.29) is 34.8 Å². The number of furan rings is 1. The van der Waals surface area contributed by atoms with Crippen molar-refractivity contribution in [2.45, 2.75) is 13.5 Å². The predicted molar refractivity (Wildman–Crippen MR) is 105 cm³/mol. The van der Waals surface area contributed by atoms with E-state index in [1.165, 1.54) is 19.2 Å². The number of hydrogen-bond acceptors (Lipinski definition) is 6. The minimum absolute atomic E-state index is 0.129. The van der Waals surface area contributed by atoms with Gasteiger partial charge in [-0.05, 0) is 43.3 Å². The summed E-state index contributed by atoms with van der Waals surface area (Å²) in [5.41, 5.74) is 1.01. The van der Waals surface area contributed by atoms with Crippen LogP contribution in [0, 0.1) is 6.92 Å². The van der Waals surface area contributed by atoms with Crippen molar-refractivity contribution in [3.8, 4) is 0 Å². The molecule has 0 amide bonds. The molecule has 7 heteroatoms. The number of aryl methyl sites for hydroxylation is 1. The molecule has 0 bridgehead atoms. The van der Waals surface area contributed by atoms with Crippen LogP contribution >= 0.6 is 11.6 Å². The largest absolute Gasteiger partial charge is 0.465 e. The highest BCUT2D eigenvalue weighted by Crippen LogP contribution is 2.20. The number of halogens is 1. The summed E-state index contributed by atoms with van der Waals surface area (Å²) in [6.45, 7) is 1.41. The first-order valence-corrected chi connectivity index (χ1v) is 9.02. The summed E-state index contributed by atoms with van der Waals surface area (Å²) in [4.78, 5) is 37.0. The Morgan fingerprint density at radius 1 is 0.931 bits per heavy atom. The second-order valence-corrected chi connectivity index (χ2v) is 6.57. The molecule has 0 spiro atoms. The summed E-state index contributed by atoms with van der Waals surface area (Å²) in [6, 6.07) is 14.2. The van der Waals surface area contributed by atoms with Gasteiger partial charge < -0.3 is 13.9 Å². The number of ketones is 1. The maximum absolute atomic E-state index is 12.8. The molecule has 0 fully saturated rings. The van der Waals surface area contributed by atoms with E-state index in [1.54, 1.807) is 49.4 Å². The molecule has 3 rings (SSSR count). The third kappa shape index (κ3) is 4.55. The summed E-state index contributed by atoms with van der Waals surface area (Å²) in [6.07, 6.45) is 0. The maximum atomic E-state index is 12.8. The van der Waals surface area contributed by atoms with Gasteiger partial charge in [0.2, 0.25) is 0 Å². The van der Waals surface area contributed by atoms with Gasteiger partial charge in [-0.25, -0.2) is 9.59 Å². The van der Waals surface area contributed by atoms with Gasteiger partial charge in [0.15, 0.2) is 5.78 Å². The van der Waals surface area contributed by atoms with Crippen LogP contribution < -0.4 is 0 Å². The zero-order valence-electron chi connectivity index (χ0n) is 15.7. The van der Waals surface area contributed by atoms with Gasteiger partial charge in [-0.15, -0.1) is 0 Å². The van der Waals surface area contributed by atoms with Crippen molar-refractivity contribution < 1.29 is 28.3 Å². The average molecular weight is 413 g/mol. The van der Waals surface area contributed by atoms with Crippen molar-refractivity contribution in [1.29, 1.82) is 0 Å². The fraction of sp³-hybridized carbons (Fsp3) is 0.136. The lowest BCUT2D eigenvalue weighted by Gasteiger charge is -2.08. The average Bonchev–Trinajstić information content (AvgIpc) is 3.12. The molecule has 1 heterocycles. The van der Waals surface area contributed by atoms with Gasteiger partial charge in [-0.1, -0.05) is 29.8 Å². The smallest absolute Gasteiger partial charge is 0.341 e. The van der Waals surface area contributed by atoms with Crippen LogP contribution in [0.4, 0.5) is 0 Å². The minimum Gasteiger partial charge on any atom is -0.465 e. The lowest BCUT2D eigenvalue weighted by molar-refractivity contribution is 0.0441. The first kappa shape index (κ1) is 20.4. The Balaban J connectivity index is 1.78. The molecule has 3 aromatic rings. The molecule has 0 aliphatic carbocycles. The number of carbonyl (C=O) groups is 3. The number of esters is 2. The first-order valence-electron chi connectivity index (χ1n) is 8.64. The molecule has 2 aromatic carbocycles. The van der Waals surface area contributed by atoms with E-state index in [1.807, 2.05) is 0 Å². The monoisotopic (exact) mass is 412 g/mol. The van der Waals surface area contributed by atoms with E-state index in [9.17, 15) is 14.4 Å². The fourth-order valence-corrected chi connectivity index (χ4v) is 2.88. The third-order valence-corrected chi connectivity index (χ3v) is 4.47. The van der Waals surface area contributed by atoms with Crippen molar-refractivity contribution in [3.05, 3.63) is 93.4 Å². The SMILES string of the molecule is COC(=O)c1cc(COC(=O)c2ccccc2C(=O)c2ccc(Cl)cc2)oc1C. The number of ether oxygens (including phenoxy) is 2. The van der Waals surface area contributed by atoms with Crippen LogP contribution in [0.5, 0.6) is 0 Å². The van der Waals surface area contributed by atoms with Crippen LogP contribution in [0.25, 0.3) is 0 Å². The van der Waals surface area contributed by atoms with Crippen LogP contribution in [0.3, 0.4) is 0 Å². The van der Waals surface area contributed by atoms with E-state index < -0.39 is 11.9 Å². The number of methoxy groups -OCH3 is 1. The zero-order valence-corrected chi connectivity index (χ0v) is 16.5. The van der Waals surface area contributed by atoms with E-state index in [0.29, 0.717) is 16.3 Å². The number of benzene rings is 2. The normalized spacial score (nSPS) is 10.4. The molecule has 0 N–H and O–H groups in total. The molecule has 0 atom stereocenters. The van der Waals surface area contributed by atoms with E-state index >= 15 is 0 Å². The Bertz CT molecular complexity index is 1070. The van der Waals surface area contributed by atoms with Gasteiger partial charge in [-0.3, -0.25) is 4.79 Å². The van der Waals surface area contributed by atoms with Crippen molar-refractivity contribution in [2.75, 3.05) is 7.11 Å². The lowest BCUT2D eigenvalue weighted by atomic mass is 9.98. The lowest BCUT2D eigenvalue weighted by Crippen LogP contribution is -2.12. The van der Waals surface area contributed by atoms with Crippen LogP contribution in [-0.2, 0) is 16.1 Å². The molecule has 0 saturated heterocycles.